The lowest BCUT2D eigenvalue weighted by Gasteiger charge is -2.10. The van der Waals surface area contributed by atoms with Gasteiger partial charge in [0.25, 0.3) is 0 Å². The molecule has 0 unspecified atom stereocenters. The summed E-state index contributed by atoms with van der Waals surface area (Å²) in [6.45, 7) is 3.26. The summed E-state index contributed by atoms with van der Waals surface area (Å²) in [5, 5.41) is 6.18. The number of halogens is 2. The Morgan fingerprint density at radius 2 is 1.67 bits per heavy atom. The predicted molar refractivity (Wildman–Crippen MR) is 96.6 cm³/mol. The van der Waals surface area contributed by atoms with E-state index in [1.54, 1.807) is 18.2 Å². The highest BCUT2D eigenvalue weighted by atomic mass is 35.5. The molecule has 2 rings (SSSR count). The van der Waals surface area contributed by atoms with Gasteiger partial charge in [-0.05, 0) is 49.4 Å². The average molecular weight is 369 g/mol. The smallest absolute Gasteiger partial charge is 0.319 e. The third kappa shape index (κ3) is 5.83. The minimum atomic E-state index is -0.344. The van der Waals surface area contributed by atoms with Gasteiger partial charge < -0.3 is 20.1 Å². The highest BCUT2D eigenvalue weighted by Gasteiger charge is 2.04. The number of ether oxygens (including phenoxy) is 2. The predicted octanol–water partition coefficient (Wildman–Crippen LogP) is 4.59. The van der Waals surface area contributed by atoms with Gasteiger partial charge >= 0.3 is 6.03 Å². The van der Waals surface area contributed by atoms with Gasteiger partial charge in [0.2, 0.25) is 0 Å². The molecule has 0 fully saturated rings. The molecule has 0 heterocycles. The Morgan fingerprint density at radius 3 is 2.29 bits per heavy atom. The van der Waals surface area contributed by atoms with Crippen LogP contribution in [0.3, 0.4) is 0 Å². The molecule has 0 aliphatic rings. The SMILES string of the molecule is CCOc1ccc(OCCNC(=O)Nc2ccc(Cl)c(Cl)c2)cc1. The third-order valence-corrected chi connectivity index (χ3v) is 3.71. The van der Waals surface area contributed by atoms with Gasteiger partial charge in [0.1, 0.15) is 18.1 Å². The first-order valence-electron chi connectivity index (χ1n) is 7.44. The second-order valence-corrected chi connectivity index (χ2v) is 5.58. The summed E-state index contributed by atoms with van der Waals surface area (Å²) in [6, 6.07) is 11.8. The van der Waals surface area contributed by atoms with Crippen molar-refractivity contribution in [3.63, 3.8) is 0 Å². The number of carbonyl (C=O) groups is 1. The van der Waals surface area contributed by atoms with Crippen molar-refractivity contribution in [2.24, 2.45) is 0 Å². The van der Waals surface area contributed by atoms with Crippen LogP contribution in [0.15, 0.2) is 42.5 Å². The Bertz CT molecular complexity index is 678. The van der Waals surface area contributed by atoms with Gasteiger partial charge in [0.05, 0.1) is 23.2 Å². The van der Waals surface area contributed by atoms with E-state index in [2.05, 4.69) is 10.6 Å². The van der Waals surface area contributed by atoms with E-state index in [0.29, 0.717) is 41.2 Å². The molecule has 0 saturated heterocycles. The lowest BCUT2D eigenvalue weighted by atomic mass is 10.3. The van der Waals surface area contributed by atoms with Crippen LogP contribution in [-0.4, -0.2) is 25.8 Å². The number of benzene rings is 2. The Balaban J connectivity index is 1.69. The first kappa shape index (κ1) is 18.2. The largest absolute Gasteiger partial charge is 0.494 e. The molecule has 2 amide bonds. The first-order chi connectivity index (χ1) is 11.6. The van der Waals surface area contributed by atoms with E-state index in [0.717, 1.165) is 5.75 Å². The maximum Gasteiger partial charge on any atom is 0.319 e. The van der Waals surface area contributed by atoms with Crippen LogP contribution in [0.1, 0.15) is 6.92 Å². The van der Waals surface area contributed by atoms with Gasteiger partial charge in [-0.15, -0.1) is 0 Å². The van der Waals surface area contributed by atoms with Gasteiger partial charge in [-0.1, -0.05) is 23.2 Å². The monoisotopic (exact) mass is 368 g/mol. The molecule has 0 saturated carbocycles. The molecule has 2 N–H and O–H groups in total. The number of amides is 2. The number of carbonyl (C=O) groups excluding carboxylic acids is 1. The van der Waals surface area contributed by atoms with Crippen LogP contribution in [-0.2, 0) is 0 Å². The molecule has 7 heteroatoms. The zero-order valence-corrected chi connectivity index (χ0v) is 14.7. The van der Waals surface area contributed by atoms with Crippen molar-refractivity contribution >= 4 is 34.9 Å². The number of hydrogen-bond donors (Lipinski definition) is 2. The molecule has 128 valence electrons. The Kier molecular flexibility index (Phi) is 7.03. The van der Waals surface area contributed by atoms with Crippen molar-refractivity contribution in [3.05, 3.63) is 52.5 Å². The van der Waals surface area contributed by atoms with Gasteiger partial charge in [-0.25, -0.2) is 4.79 Å². The summed E-state index contributed by atoms with van der Waals surface area (Å²) in [4.78, 5) is 11.8. The molecule has 0 bridgehead atoms. The minimum absolute atomic E-state index is 0.344. The van der Waals surface area contributed by atoms with Crippen molar-refractivity contribution in [1.29, 1.82) is 0 Å². The number of urea groups is 1. The molecule has 0 spiro atoms. The lowest BCUT2D eigenvalue weighted by molar-refractivity contribution is 0.247. The summed E-state index contributed by atoms with van der Waals surface area (Å²) in [6.07, 6.45) is 0. The minimum Gasteiger partial charge on any atom is -0.494 e. The molecule has 0 aliphatic heterocycles. The van der Waals surface area contributed by atoms with Crippen molar-refractivity contribution in [2.75, 3.05) is 25.1 Å². The normalized spacial score (nSPS) is 10.1. The maximum absolute atomic E-state index is 11.8. The van der Waals surface area contributed by atoms with Gasteiger partial charge in [0, 0.05) is 5.69 Å². The number of rotatable bonds is 7. The first-order valence-corrected chi connectivity index (χ1v) is 8.19. The van der Waals surface area contributed by atoms with E-state index >= 15 is 0 Å². The highest BCUT2D eigenvalue weighted by molar-refractivity contribution is 6.42. The van der Waals surface area contributed by atoms with Crippen molar-refractivity contribution in [1.82, 2.24) is 5.32 Å². The average Bonchev–Trinajstić information content (AvgIpc) is 2.57. The van der Waals surface area contributed by atoms with E-state index in [1.807, 2.05) is 31.2 Å². The van der Waals surface area contributed by atoms with Crippen molar-refractivity contribution in [2.45, 2.75) is 6.92 Å². The van der Waals surface area contributed by atoms with Gasteiger partial charge in [-0.3, -0.25) is 0 Å². The fourth-order valence-corrected chi connectivity index (χ4v) is 2.18. The van der Waals surface area contributed by atoms with Crippen molar-refractivity contribution < 1.29 is 14.3 Å². The zero-order valence-electron chi connectivity index (χ0n) is 13.1. The quantitative estimate of drug-likeness (QED) is 0.702. The van der Waals surface area contributed by atoms with E-state index in [-0.39, 0.29) is 6.03 Å². The Labute approximate surface area is 150 Å². The molecular weight excluding hydrogens is 351 g/mol. The molecule has 5 nitrogen and oxygen atoms in total. The highest BCUT2D eigenvalue weighted by Crippen LogP contribution is 2.24. The van der Waals surface area contributed by atoms with Gasteiger partial charge in [-0.2, -0.15) is 0 Å². The van der Waals surface area contributed by atoms with Crippen molar-refractivity contribution in [3.8, 4) is 11.5 Å². The molecule has 0 radical (unpaired) electrons. The standard InChI is InChI=1S/C17H18Cl2N2O3/c1-2-23-13-4-6-14(7-5-13)24-10-9-20-17(22)21-12-3-8-15(18)16(19)11-12/h3-8,11H,2,9-10H2,1H3,(H2,20,21,22). The molecule has 2 aromatic carbocycles. The summed E-state index contributed by atoms with van der Waals surface area (Å²) in [5.41, 5.74) is 0.564. The summed E-state index contributed by atoms with van der Waals surface area (Å²) in [7, 11) is 0. The second-order valence-electron chi connectivity index (χ2n) is 4.76. The Morgan fingerprint density at radius 1 is 1.00 bits per heavy atom. The lowest BCUT2D eigenvalue weighted by Crippen LogP contribution is -2.32. The topological polar surface area (TPSA) is 59.6 Å². The number of nitrogens with one attached hydrogen (secondary N) is 2. The Hall–Kier alpha value is -2.11. The molecule has 0 aliphatic carbocycles. The third-order valence-electron chi connectivity index (χ3n) is 2.97. The fourth-order valence-electron chi connectivity index (χ4n) is 1.88. The van der Waals surface area contributed by atoms with E-state index in [1.165, 1.54) is 0 Å². The second kappa shape index (κ2) is 9.25. The zero-order chi connectivity index (χ0) is 17.4. The number of hydrogen-bond acceptors (Lipinski definition) is 3. The van der Waals surface area contributed by atoms with Crippen LogP contribution < -0.4 is 20.1 Å². The van der Waals surface area contributed by atoms with E-state index < -0.39 is 0 Å². The van der Waals surface area contributed by atoms with Gasteiger partial charge in [0.15, 0.2) is 0 Å². The van der Waals surface area contributed by atoms with Crippen LogP contribution >= 0.6 is 23.2 Å². The van der Waals surface area contributed by atoms with Crippen LogP contribution in [0.5, 0.6) is 11.5 Å². The molecule has 0 aromatic heterocycles. The summed E-state index contributed by atoms with van der Waals surface area (Å²) in [5.74, 6) is 1.51. The van der Waals surface area contributed by atoms with Crippen LogP contribution in [0.25, 0.3) is 0 Å². The summed E-state index contributed by atoms with van der Waals surface area (Å²) < 4.78 is 10.9. The van der Waals surface area contributed by atoms with E-state index in [4.69, 9.17) is 32.7 Å². The maximum atomic E-state index is 11.8. The fraction of sp³-hybridized carbons (Fsp3) is 0.235. The molecular formula is C17H18Cl2N2O3. The van der Waals surface area contributed by atoms with E-state index in [9.17, 15) is 4.79 Å². The molecule has 24 heavy (non-hydrogen) atoms. The van der Waals surface area contributed by atoms with Crippen LogP contribution in [0.2, 0.25) is 10.0 Å². The van der Waals surface area contributed by atoms with Crippen LogP contribution in [0, 0.1) is 0 Å². The number of anilines is 1. The van der Waals surface area contributed by atoms with Crippen LogP contribution in [0.4, 0.5) is 10.5 Å². The summed E-state index contributed by atoms with van der Waals surface area (Å²) >= 11 is 11.7. The molecule has 0 atom stereocenters. The molecule has 2 aromatic rings.